The van der Waals surface area contributed by atoms with E-state index in [1.807, 2.05) is 11.3 Å². The molecule has 0 unspecified atom stereocenters. The average Bonchev–Trinajstić information content (AvgIpc) is 3.66. The van der Waals surface area contributed by atoms with Crippen molar-refractivity contribution in [2.24, 2.45) is 0 Å². The fraction of sp³-hybridized carbons (Fsp3) is 0. The quantitative estimate of drug-likeness (QED) is 0.224. The van der Waals surface area contributed by atoms with Crippen molar-refractivity contribution in [2.45, 2.75) is 0 Å². The predicted octanol–water partition coefficient (Wildman–Crippen LogP) is 10.7. The van der Waals surface area contributed by atoms with Crippen molar-refractivity contribution < 1.29 is 4.42 Å². The summed E-state index contributed by atoms with van der Waals surface area (Å²) in [6.45, 7) is 0. The van der Waals surface area contributed by atoms with E-state index in [1.165, 1.54) is 36.5 Å². The van der Waals surface area contributed by atoms with E-state index in [-0.39, 0.29) is 0 Å². The van der Waals surface area contributed by atoms with Gasteiger partial charge in [-0.3, -0.25) is 0 Å². The first kappa shape index (κ1) is 21.1. The van der Waals surface area contributed by atoms with Gasteiger partial charge >= 0.3 is 0 Å². The molecule has 0 aliphatic rings. The van der Waals surface area contributed by atoms with Crippen molar-refractivity contribution in [1.82, 2.24) is 4.57 Å². The molecule has 9 aromatic rings. The number of hydrogen-bond donors (Lipinski definition) is 0. The molecular weight excluding hydrogens is 494 g/mol. The van der Waals surface area contributed by atoms with Crippen LogP contribution in [0.1, 0.15) is 0 Å². The molecule has 0 N–H and O–H groups in total. The van der Waals surface area contributed by atoms with Crippen LogP contribution in [0.25, 0.3) is 80.7 Å². The Kier molecular flexibility index (Phi) is 4.24. The van der Waals surface area contributed by atoms with E-state index in [1.54, 1.807) is 0 Å². The molecule has 3 heterocycles. The third-order valence-electron chi connectivity index (χ3n) is 7.99. The summed E-state index contributed by atoms with van der Waals surface area (Å²) in [6, 6.07) is 45.6. The Morgan fingerprint density at radius 3 is 2.18 bits per heavy atom. The fourth-order valence-electron chi connectivity index (χ4n) is 6.33. The van der Waals surface area contributed by atoms with Gasteiger partial charge in [-0.25, -0.2) is 0 Å². The highest BCUT2D eigenvalue weighted by Gasteiger charge is 2.22. The zero-order valence-electron chi connectivity index (χ0n) is 20.9. The Morgan fingerprint density at radius 2 is 1.26 bits per heavy atom. The summed E-state index contributed by atoms with van der Waals surface area (Å²) in [5, 5.41) is 7.45. The minimum Gasteiger partial charge on any atom is -0.453 e. The van der Waals surface area contributed by atoms with Gasteiger partial charge in [-0.05, 0) is 52.7 Å². The minimum absolute atomic E-state index is 0.935. The lowest BCUT2D eigenvalue weighted by atomic mass is 9.97. The summed E-state index contributed by atoms with van der Waals surface area (Å²) in [4.78, 5) is 0. The second kappa shape index (κ2) is 7.83. The zero-order chi connectivity index (χ0) is 25.5. The van der Waals surface area contributed by atoms with Crippen molar-refractivity contribution >= 4 is 75.3 Å². The number of fused-ring (bicyclic) bond motifs is 10. The smallest absolute Gasteiger partial charge is 0.161 e. The normalized spacial score (nSPS) is 12.1. The number of aromatic nitrogens is 1. The van der Waals surface area contributed by atoms with Gasteiger partial charge in [0.1, 0.15) is 11.1 Å². The maximum atomic E-state index is 6.84. The third-order valence-corrected chi connectivity index (χ3v) is 9.20. The molecule has 0 fully saturated rings. The van der Waals surface area contributed by atoms with Gasteiger partial charge in [-0.1, -0.05) is 91.0 Å². The van der Waals surface area contributed by atoms with E-state index < -0.39 is 0 Å². The fourth-order valence-corrected chi connectivity index (χ4v) is 7.59. The highest BCUT2D eigenvalue weighted by atomic mass is 32.1. The van der Waals surface area contributed by atoms with Crippen LogP contribution >= 0.6 is 11.3 Å². The molecule has 9 rings (SSSR count). The second-order valence-electron chi connectivity index (χ2n) is 10.1. The maximum absolute atomic E-state index is 6.84. The molecule has 0 bridgehead atoms. The molecule has 0 radical (unpaired) electrons. The number of nitrogens with zero attached hydrogens (tertiary/aromatic N) is 1. The first-order valence-electron chi connectivity index (χ1n) is 13.2. The Balaban J connectivity index is 1.41. The van der Waals surface area contributed by atoms with Crippen molar-refractivity contribution in [1.29, 1.82) is 0 Å². The van der Waals surface area contributed by atoms with Crippen LogP contribution in [0, 0.1) is 0 Å². The molecule has 0 amide bonds. The first-order valence-corrected chi connectivity index (χ1v) is 14.0. The van der Waals surface area contributed by atoms with Crippen LogP contribution < -0.4 is 0 Å². The van der Waals surface area contributed by atoms with Gasteiger partial charge in [-0.15, -0.1) is 11.3 Å². The van der Waals surface area contributed by atoms with E-state index in [2.05, 4.69) is 132 Å². The lowest BCUT2D eigenvalue weighted by Crippen LogP contribution is -1.92. The number of rotatable bonds is 2. The van der Waals surface area contributed by atoms with Crippen LogP contribution in [-0.2, 0) is 0 Å². The van der Waals surface area contributed by atoms with Gasteiger partial charge in [0.05, 0.1) is 5.52 Å². The van der Waals surface area contributed by atoms with Gasteiger partial charge < -0.3 is 8.98 Å². The minimum atomic E-state index is 0.935. The van der Waals surface area contributed by atoms with Crippen LogP contribution in [0.2, 0.25) is 0 Å². The molecule has 3 heteroatoms. The number of furan rings is 1. The summed E-state index contributed by atoms with van der Waals surface area (Å²) in [6.07, 6.45) is 0. The van der Waals surface area contributed by atoms with Crippen LogP contribution in [0.5, 0.6) is 0 Å². The highest BCUT2D eigenvalue weighted by molar-refractivity contribution is 7.26. The van der Waals surface area contributed by atoms with Crippen LogP contribution in [0.3, 0.4) is 0 Å². The molecule has 2 nitrogen and oxygen atoms in total. The molecule has 0 saturated heterocycles. The largest absolute Gasteiger partial charge is 0.453 e. The maximum Gasteiger partial charge on any atom is 0.161 e. The molecule has 182 valence electrons. The van der Waals surface area contributed by atoms with Gasteiger partial charge in [0.25, 0.3) is 0 Å². The van der Waals surface area contributed by atoms with Crippen molar-refractivity contribution in [2.75, 3.05) is 0 Å². The summed E-state index contributed by atoms with van der Waals surface area (Å²) >= 11 is 1.88. The molecule has 0 saturated carbocycles. The Bertz CT molecular complexity index is 2390. The SMILES string of the molecule is c1ccc(-n2c3ccccc3c3oc4c(-c5cccc6sc7c8ccccc8ccc7c56)cccc4c32)cc1. The topological polar surface area (TPSA) is 18.1 Å². The number of benzene rings is 6. The van der Waals surface area contributed by atoms with Crippen molar-refractivity contribution in [3.63, 3.8) is 0 Å². The highest BCUT2D eigenvalue weighted by Crippen LogP contribution is 2.46. The number of para-hydroxylation sites is 3. The van der Waals surface area contributed by atoms with E-state index in [0.717, 1.165) is 44.2 Å². The van der Waals surface area contributed by atoms with E-state index >= 15 is 0 Å². The molecule has 3 aromatic heterocycles. The first-order chi connectivity index (χ1) is 19.4. The molecule has 6 aromatic carbocycles. The Morgan fingerprint density at radius 1 is 0.513 bits per heavy atom. The van der Waals surface area contributed by atoms with Crippen LogP contribution in [0.4, 0.5) is 0 Å². The Labute approximate surface area is 227 Å². The standard InChI is InChI=1S/C36H21NOS/c1-2-11-23(12-3-1)37-30-18-7-6-14-27(30)35-33(37)29-17-8-16-26(34(29)38-35)25-15-9-19-31-32(25)28-21-20-22-10-4-5-13-24(22)36(28)39-31/h1-21H. The summed E-state index contributed by atoms with van der Waals surface area (Å²) < 4.78 is 11.8. The molecule has 0 aliphatic heterocycles. The van der Waals surface area contributed by atoms with Gasteiger partial charge in [-0.2, -0.15) is 0 Å². The monoisotopic (exact) mass is 515 g/mol. The van der Waals surface area contributed by atoms with E-state index in [4.69, 9.17) is 4.42 Å². The van der Waals surface area contributed by atoms with Gasteiger partial charge in [0, 0.05) is 42.2 Å². The third kappa shape index (κ3) is 2.85. The molecule has 0 aliphatic carbocycles. The summed E-state index contributed by atoms with van der Waals surface area (Å²) in [7, 11) is 0. The molecular formula is C36H21NOS. The number of hydrogen-bond acceptors (Lipinski definition) is 2. The van der Waals surface area contributed by atoms with E-state index in [0.29, 0.717) is 0 Å². The molecule has 0 atom stereocenters. The number of thiophene rings is 1. The van der Waals surface area contributed by atoms with Crippen LogP contribution in [-0.4, -0.2) is 4.57 Å². The lowest BCUT2D eigenvalue weighted by molar-refractivity contribution is 0.674. The average molecular weight is 516 g/mol. The molecule has 39 heavy (non-hydrogen) atoms. The van der Waals surface area contributed by atoms with Gasteiger partial charge in [0.2, 0.25) is 0 Å². The zero-order valence-corrected chi connectivity index (χ0v) is 21.7. The predicted molar refractivity (Wildman–Crippen MR) is 166 cm³/mol. The second-order valence-corrected chi connectivity index (χ2v) is 11.1. The summed E-state index contributed by atoms with van der Waals surface area (Å²) in [5.74, 6) is 0. The van der Waals surface area contributed by atoms with E-state index in [9.17, 15) is 0 Å². The van der Waals surface area contributed by atoms with Crippen molar-refractivity contribution in [3.8, 4) is 16.8 Å². The van der Waals surface area contributed by atoms with Gasteiger partial charge in [0.15, 0.2) is 5.58 Å². The van der Waals surface area contributed by atoms with Crippen LogP contribution in [0.15, 0.2) is 132 Å². The lowest BCUT2D eigenvalue weighted by Gasteiger charge is -2.08. The van der Waals surface area contributed by atoms with Crippen molar-refractivity contribution in [3.05, 3.63) is 127 Å². The summed E-state index contributed by atoms with van der Waals surface area (Å²) in [5.41, 5.74) is 7.62. The Hall–Kier alpha value is -4.86. The molecule has 0 spiro atoms.